The van der Waals surface area contributed by atoms with Crippen LogP contribution >= 0.6 is 15.9 Å². The maximum atomic E-state index is 6.46. The molecule has 5 heteroatoms. The van der Waals surface area contributed by atoms with Crippen LogP contribution in [-0.2, 0) is 5.60 Å². The highest BCUT2D eigenvalue weighted by Gasteiger charge is 2.37. The Kier molecular flexibility index (Phi) is 4.47. The predicted octanol–water partition coefficient (Wildman–Crippen LogP) is 5.33. The van der Waals surface area contributed by atoms with Crippen molar-refractivity contribution in [2.75, 3.05) is 0 Å². The summed E-state index contributed by atoms with van der Waals surface area (Å²) in [5.41, 5.74) is 3.05. The van der Waals surface area contributed by atoms with Gasteiger partial charge in [0.15, 0.2) is 5.60 Å². The molecule has 0 radical (unpaired) electrons. The van der Waals surface area contributed by atoms with Gasteiger partial charge in [0.25, 0.3) is 0 Å². The van der Waals surface area contributed by atoms with Gasteiger partial charge in [-0.25, -0.2) is 0 Å². The van der Waals surface area contributed by atoms with Gasteiger partial charge in [0, 0.05) is 16.5 Å². The molecule has 1 heterocycles. The van der Waals surface area contributed by atoms with Crippen molar-refractivity contribution in [2.24, 2.45) is 0 Å². The van der Waals surface area contributed by atoms with E-state index in [9.17, 15) is 0 Å². The lowest BCUT2D eigenvalue weighted by atomic mass is 9.88. The van der Waals surface area contributed by atoms with Crippen molar-refractivity contribution in [3.05, 3.63) is 88.6 Å². The first-order valence-electron chi connectivity index (χ1n) is 8.43. The monoisotopic (exact) mass is 407 g/mol. The first kappa shape index (κ1) is 16.8. The van der Waals surface area contributed by atoms with E-state index >= 15 is 0 Å². The number of halogens is 1. The molecular weight excluding hydrogens is 390 g/mol. The lowest BCUT2D eigenvalue weighted by Gasteiger charge is -2.31. The minimum absolute atomic E-state index is 0.685. The third kappa shape index (κ3) is 3.22. The zero-order valence-corrected chi connectivity index (χ0v) is 15.9. The van der Waals surface area contributed by atoms with E-state index in [-0.39, 0.29) is 0 Å². The summed E-state index contributed by atoms with van der Waals surface area (Å²) in [6.07, 6.45) is 8.84. The topological polar surface area (TPSA) is 50.8 Å². The van der Waals surface area contributed by atoms with Crippen LogP contribution in [0.15, 0.2) is 77.3 Å². The Morgan fingerprint density at radius 1 is 1.08 bits per heavy atom. The van der Waals surface area contributed by atoms with E-state index < -0.39 is 5.60 Å². The fourth-order valence-electron chi connectivity index (χ4n) is 3.08. The third-order valence-corrected chi connectivity index (χ3v) is 4.89. The highest BCUT2D eigenvalue weighted by Crippen LogP contribution is 2.38. The van der Waals surface area contributed by atoms with Gasteiger partial charge < -0.3 is 4.74 Å². The molecule has 130 valence electrons. The van der Waals surface area contributed by atoms with E-state index in [1.54, 1.807) is 0 Å². The van der Waals surface area contributed by atoms with Crippen LogP contribution in [0.4, 0.5) is 0 Å². The number of hydrogen-bond acceptors (Lipinski definition) is 3. The number of ether oxygens (including phenoxy) is 1. The second kappa shape index (κ2) is 6.92. The van der Waals surface area contributed by atoms with Gasteiger partial charge in [0.2, 0.25) is 0 Å². The third-order valence-electron chi connectivity index (χ3n) is 4.40. The largest absolute Gasteiger partial charge is 0.476 e. The van der Waals surface area contributed by atoms with E-state index in [1.165, 1.54) is 5.56 Å². The summed E-state index contributed by atoms with van der Waals surface area (Å²) in [6.45, 7) is 2.06. The Morgan fingerprint density at radius 2 is 1.92 bits per heavy atom. The maximum absolute atomic E-state index is 6.46. The highest BCUT2D eigenvalue weighted by molar-refractivity contribution is 9.10. The van der Waals surface area contributed by atoms with Gasteiger partial charge in [0.1, 0.15) is 17.1 Å². The van der Waals surface area contributed by atoms with Crippen LogP contribution in [0.1, 0.15) is 17.7 Å². The SMILES string of the molecule is Cc1ccc(OC2(c3n[nH]nc3-c3cccc(Br)c3)C=CC=CC2)cc1. The highest BCUT2D eigenvalue weighted by atomic mass is 79.9. The van der Waals surface area contributed by atoms with Crippen molar-refractivity contribution < 1.29 is 4.74 Å². The Labute approximate surface area is 160 Å². The zero-order chi connectivity index (χ0) is 18.0. The van der Waals surface area contributed by atoms with Crippen LogP contribution in [0.3, 0.4) is 0 Å². The number of rotatable bonds is 4. The molecule has 1 atom stereocenters. The van der Waals surface area contributed by atoms with Gasteiger partial charge in [-0.1, -0.05) is 64.0 Å². The van der Waals surface area contributed by atoms with Crippen LogP contribution in [0.5, 0.6) is 5.75 Å². The molecule has 0 spiro atoms. The lowest BCUT2D eigenvalue weighted by Crippen LogP contribution is -2.32. The van der Waals surface area contributed by atoms with Gasteiger partial charge in [-0.05, 0) is 37.3 Å². The van der Waals surface area contributed by atoms with Gasteiger partial charge in [-0.2, -0.15) is 15.4 Å². The lowest BCUT2D eigenvalue weighted by molar-refractivity contribution is 0.117. The van der Waals surface area contributed by atoms with Crippen molar-refractivity contribution in [1.82, 2.24) is 15.4 Å². The van der Waals surface area contributed by atoms with Crippen molar-refractivity contribution in [2.45, 2.75) is 18.9 Å². The van der Waals surface area contributed by atoms with E-state index in [4.69, 9.17) is 4.74 Å². The Morgan fingerprint density at radius 3 is 2.65 bits per heavy atom. The molecule has 26 heavy (non-hydrogen) atoms. The Balaban J connectivity index is 1.79. The summed E-state index contributed by atoms with van der Waals surface area (Å²) in [4.78, 5) is 0. The fourth-order valence-corrected chi connectivity index (χ4v) is 3.48. The first-order valence-corrected chi connectivity index (χ1v) is 9.23. The van der Waals surface area contributed by atoms with Crippen LogP contribution in [-0.4, -0.2) is 15.4 Å². The molecule has 1 unspecified atom stereocenters. The predicted molar refractivity (Wildman–Crippen MR) is 106 cm³/mol. The van der Waals surface area contributed by atoms with Crippen LogP contribution < -0.4 is 4.74 Å². The summed E-state index contributed by atoms with van der Waals surface area (Å²) >= 11 is 3.53. The van der Waals surface area contributed by atoms with Crippen molar-refractivity contribution >= 4 is 15.9 Å². The summed E-state index contributed by atoms with van der Waals surface area (Å²) in [5, 5.41) is 11.7. The summed E-state index contributed by atoms with van der Waals surface area (Å²) in [6, 6.07) is 16.1. The van der Waals surface area contributed by atoms with Gasteiger partial charge in [-0.15, -0.1) is 0 Å². The first-order chi connectivity index (χ1) is 12.7. The average molecular weight is 408 g/mol. The van der Waals surface area contributed by atoms with Crippen LogP contribution in [0, 0.1) is 6.92 Å². The van der Waals surface area contributed by atoms with Crippen molar-refractivity contribution in [3.63, 3.8) is 0 Å². The molecular formula is C21H18BrN3O. The van der Waals surface area contributed by atoms with Crippen LogP contribution in [0.25, 0.3) is 11.3 Å². The Bertz CT molecular complexity index is 975. The van der Waals surface area contributed by atoms with Gasteiger partial charge in [-0.3, -0.25) is 0 Å². The molecule has 0 saturated heterocycles. The summed E-state index contributed by atoms with van der Waals surface area (Å²) in [7, 11) is 0. The molecule has 1 aromatic heterocycles. The molecule has 1 N–H and O–H groups in total. The number of H-pyrrole nitrogens is 1. The molecule has 3 aromatic rings. The van der Waals surface area contributed by atoms with E-state index in [1.807, 2.05) is 66.8 Å². The zero-order valence-electron chi connectivity index (χ0n) is 14.3. The molecule has 0 aliphatic heterocycles. The maximum Gasteiger partial charge on any atom is 0.177 e. The molecule has 1 aliphatic carbocycles. The molecule has 4 rings (SSSR count). The molecule has 4 nitrogen and oxygen atoms in total. The van der Waals surface area contributed by atoms with E-state index in [2.05, 4.69) is 44.3 Å². The van der Waals surface area contributed by atoms with Crippen LogP contribution in [0.2, 0.25) is 0 Å². The number of nitrogens with zero attached hydrogens (tertiary/aromatic N) is 2. The number of aromatic amines is 1. The normalized spacial score (nSPS) is 18.8. The van der Waals surface area contributed by atoms with E-state index in [0.29, 0.717) is 6.42 Å². The number of allylic oxidation sites excluding steroid dienone is 2. The fraction of sp³-hybridized carbons (Fsp3) is 0.143. The second-order valence-corrected chi connectivity index (χ2v) is 7.24. The van der Waals surface area contributed by atoms with Crippen molar-refractivity contribution in [1.29, 1.82) is 0 Å². The molecule has 0 bridgehead atoms. The number of benzene rings is 2. The molecule has 1 aliphatic rings. The molecule has 0 saturated carbocycles. The van der Waals surface area contributed by atoms with Gasteiger partial charge in [0.05, 0.1) is 0 Å². The number of hydrogen-bond donors (Lipinski definition) is 1. The number of aromatic nitrogens is 3. The number of nitrogens with one attached hydrogen (secondary N) is 1. The molecule has 0 fully saturated rings. The van der Waals surface area contributed by atoms with Crippen molar-refractivity contribution in [3.8, 4) is 17.0 Å². The number of aryl methyl sites for hydroxylation is 1. The summed E-state index contributed by atoms with van der Waals surface area (Å²) < 4.78 is 7.46. The second-order valence-electron chi connectivity index (χ2n) is 6.33. The molecule has 0 amide bonds. The van der Waals surface area contributed by atoms with E-state index in [0.717, 1.165) is 27.2 Å². The quantitative estimate of drug-likeness (QED) is 0.635. The summed E-state index contributed by atoms with van der Waals surface area (Å²) in [5.74, 6) is 0.804. The Hall–Kier alpha value is -2.66. The van der Waals surface area contributed by atoms with Gasteiger partial charge >= 0.3 is 0 Å². The minimum Gasteiger partial charge on any atom is -0.476 e. The smallest absolute Gasteiger partial charge is 0.177 e. The average Bonchev–Trinajstić information content (AvgIpc) is 3.15. The molecule has 2 aromatic carbocycles. The standard InChI is InChI=1S/C21H18BrN3O/c1-15-8-10-18(11-9-15)26-21(12-3-2-4-13-21)20-19(23-25-24-20)16-6-5-7-17(22)14-16/h2-12,14H,13H2,1H3,(H,23,24,25). The minimum atomic E-state index is -0.700.